The molecule has 0 unspecified atom stereocenters. The van der Waals surface area contributed by atoms with Gasteiger partial charge in [0.15, 0.2) is 0 Å². The lowest BCUT2D eigenvalue weighted by atomic mass is 10.0. The molecule has 1 aromatic heterocycles. The van der Waals surface area contributed by atoms with Crippen molar-refractivity contribution < 1.29 is 4.79 Å². The maximum atomic E-state index is 12.3. The Morgan fingerprint density at radius 2 is 1.75 bits per heavy atom. The molecular formula is C20H21N3O. The van der Waals surface area contributed by atoms with Crippen molar-refractivity contribution in [1.29, 1.82) is 0 Å². The second-order valence-corrected chi connectivity index (χ2v) is 6.06. The van der Waals surface area contributed by atoms with Gasteiger partial charge in [0.25, 0.3) is 5.91 Å². The van der Waals surface area contributed by atoms with Gasteiger partial charge in [0, 0.05) is 11.7 Å². The molecule has 1 heterocycles. The van der Waals surface area contributed by atoms with Crippen molar-refractivity contribution in [3.8, 4) is 0 Å². The van der Waals surface area contributed by atoms with Gasteiger partial charge in [-0.3, -0.25) is 4.79 Å². The molecule has 0 aliphatic heterocycles. The highest BCUT2D eigenvalue weighted by Gasteiger charge is 2.10. The second kappa shape index (κ2) is 7.13. The van der Waals surface area contributed by atoms with Crippen LogP contribution in [0.2, 0.25) is 0 Å². The Bertz CT molecular complexity index is 863. The molecule has 1 amide bonds. The standard InChI is InChI=1S/C20H21N3O/c1-15(2)20(17-9-4-3-5-10-17)22-21-19(24)14-23-13-12-16-8-6-7-11-18(16)23/h3-13,15H,14H2,1-2H3,(H,21,24)/b22-20+. The highest BCUT2D eigenvalue weighted by molar-refractivity contribution is 6.02. The lowest BCUT2D eigenvalue weighted by Gasteiger charge is -2.11. The van der Waals surface area contributed by atoms with Crippen LogP contribution in [-0.2, 0) is 11.3 Å². The molecule has 2 aromatic carbocycles. The van der Waals surface area contributed by atoms with Crippen LogP contribution in [0.15, 0.2) is 72.0 Å². The quantitative estimate of drug-likeness (QED) is 0.564. The monoisotopic (exact) mass is 319 g/mol. The molecule has 3 rings (SSSR count). The van der Waals surface area contributed by atoms with E-state index in [-0.39, 0.29) is 18.4 Å². The Morgan fingerprint density at radius 3 is 2.50 bits per heavy atom. The van der Waals surface area contributed by atoms with Crippen LogP contribution in [0, 0.1) is 5.92 Å². The van der Waals surface area contributed by atoms with E-state index in [1.54, 1.807) is 0 Å². The summed E-state index contributed by atoms with van der Waals surface area (Å²) in [5.41, 5.74) is 5.64. The molecule has 0 fully saturated rings. The molecule has 0 radical (unpaired) electrons. The number of hydrazone groups is 1. The normalized spacial score (nSPS) is 11.9. The van der Waals surface area contributed by atoms with E-state index in [1.165, 1.54) is 0 Å². The van der Waals surface area contributed by atoms with Crippen molar-refractivity contribution in [2.45, 2.75) is 20.4 Å². The molecule has 0 atom stereocenters. The van der Waals surface area contributed by atoms with Gasteiger partial charge in [0.1, 0.15) is 6.54 Å². The van der Waals surface area contributed by atoms with E-state index < -0.39 is 0 Å². The number of amides is 1. The van der Waals surface area contributed by atoms with Crippen LogP contribution < -0.4 is 5.43 Å². The number of hydrogen-bond acceptors (Lipinski definition) is 2. The van der Waals surface area contributed by atoms with Crippen molar-refractivity contribution in [3.63, 3.8) is 0 Å². The fraction of sp³-hybridized carbons (Fsp3) is 0.200. The lowest BCUT2D eigenvalue weighted by Crippen LogP contribution is -2.25. The number of aromatic nitrogens is 1. The zero-order valence-corrected chi connectivity index (χ0v) is 13.9. The van der Waals surface area contributed by atoms with Crippen LogP contribution in [0.3, 0.4) is 0 Å². The largest absolute Gasteiger partial charge is 0.338 e. The average Bonchev–Trinajstić information content (AvgIpc) is 2.99. The van der Waals surface area contributed by atoms with Gasteiger partial charge >= 0.3 is 0 Å². The molecule has 3 aromatic rings. The number of hydrogen-bond donors (Lipinski definition) is 1. The number of fused-ring (bicyclic) bond motifs is 1. The van der Waals surface area contributed by atoms with Gasteiger partial charge in [-0.25, -0.2) is 5.43 Å². The van der Waals surface area contributed by atoms with E-state index in [1.807, 2.05) is 71.4 Å². The minimum absolute atomic E-state index is 0.134. The zero-order chi connectivity index (χ0) is 16.9. The van der Waals surface area contributed by atoms with Crippen LogP contribution >= 0.6 is 0 Å². The Morgan fingerprint density at radius 1 is 1.04 bits per heavy atom. The van der Waals surface area contributed by atoms with E-state index in [9.17, 15) is 4.79 Å². The molecule has 4 nitrogen and oxygen atoms in total. The molecule has 0 spiro atoms. The SMILES string of the molecule is CC(C)/C(=N\NC(=O)Cn1ccc2ccccc21)c1ccccc1. The average molecular weight is 319 g/mol. The van der Waals surface area contributed by atoms with E-state index in [2.05, 4.69) is 24.4 Å². The summed E-state index contributed by atoms with van der Waals surface area (Å²) >= 11 is 0. The summed E-state index contributed by atoms with van der Waals surface area (Å²) in [5.74, 6) is 0.0885. The summed E-state index contributed by atoms with van der Waals surface area (Å²) in [6.45, 7) is 4.38. The molecule has 0 saturated heterocycles. The van der Waals surface area contributed by atoms with Gasteiger partial charge in [-0.2, -0.15) is 5.10 Å². The maximum Gasteiger partial charge on any atom is 0.259 e. The van der Waals surface area contributed by atoms with Crippen molar-refractivity contribution in [1.82, 2.24) is 9.99 Å². The van der Waals surface area contributed by atoms with Gasteiger partial charge < -0.3 is 4.57 Å². The van der Waals surface area contributed by atoms with Crippen LogP contribution in [0.1, 0.15) is 19.4 Å². The third kappa shape index (κ3) is 3.54. The van der Waals surface area contributed by atoms with E-state index >= 15 is 0 Å². The molecule has 122 valence electrons. The van der Waals surface area contributed by atoms with Gasteiger partial charge in [0.2, 0.25) is 0 Å². The molecule has 24 heavy (non-hydrogen) atoms. The summed E-state index contributed by atoms with van der Waals surface area (Å²) < 4.78 is 1.93. The number of carbonyl (C=O) groups excluding carboxylic acids is 1. The molecule has 1 N–H and O–H groups in total. The molecule has 4 heteroatoms. The summed E-state index contributed by atoms with van der Waals surface area (Å²) in [4.78, 5) is 12.3. The highest BCUT2D eigenvalue weighted by atomic mass is 16.2. The van der Waals surface area contributed by atoms with Gasteiger partial charge in [-0.1, -0.05) is 62.4 Å². The second-order valence-electron chi connectivity index (χ2n) is 6.06. The first-order valence-electron chi connectivity index (χ1n) is 8.11. The van der Waals surface area contributed by atoms with Crippen LogP contribution in [-0.4, -0.2) is 16.2 Å². The van der Waals surface area contributed by atoms with Crippen molar-refractivity contribution >= 4 is 22.5 Å². The predicted molar refractivity (Wildman–Crippen MR) is 97.9 cm³/mol. The number of para-hydroxylation sites is 1. The third-order valence-corrected chi connectivity index (χ3v) is 3.91. The molecule has 0 aliphatic rings. The zero-order valence-electron chi connectivity index (χ0n) is 13.9. The smallest absolute Gasteiger partial charge is 0.259 e. The molecular weight excluding hydrogens is 298 g/mol. The fourth-order valence-corrected chi connectivity index (χ4v) is 2.73. The van der Waals surface area contributed by atoms with Crippen molar-refractivity contribution in [2.75, 3.05) is 0 Å². The third-order valence-electron chi connectivity index (χ3n) is 3.91. The number of carbonyl (C=O) groups is 1. The maximum absolute atomic E-state index is 12.3. The lowest BCUT2D eigenvalue weighted by molar-refractivity contribution is -0.121. The van der Waals surface area contributed by atoms with E-state index in [0.717, 1.165) is 22.2 Å². The van der Waals surface area contributed by atoms with Crippen molar-refractivity contribution in [2.24, 2.45) is 11.0 Å². The Balaban J connectivity index is 1.74. The molecule has 0 saturated carbocycles. The first kappa shape index (κ1) is 16.0. The first-order valence-corrected chi connectivity index (χ1v) is 8.11. The van der Waals surface area contributed by atoms with Crippen LogP contribution in [0.4, 0.5) is 0 Å². The Labute approximate surface area is 141 Å². The van der Waals surface area contributed by atoms with E-state index in [0.29, 0.717) is 0 Å². The first-order chi connectivity index (χ1) is 11.6. The minimum Gasteiger partial charge on any atom is -0.338 e. The molecule has 0 aliphatic carbocycles. The van der Waals surface area contributed by atoms with Gasteiger partial charge in [0.05, 0.1) is 5.71 Å². The predicted octanol–water partition coefficient (Wildman–Crippen LogP) is 3.82. The number of benzene rings is 2. The summed E-state index contributed by atoms with van der Waals surface area (Å²) in [6.07, 6.45) is 1.93. The van der Waals surface area contributed by atoms with Gasteiger partial charge in [-0.05, 0) is 29.0 Å². The van der Waals surface area contributed by atoms with Crippen LogP contribution in [0.5, 0.6) is 0 Å². The number of nitrogens with zero attached hydrogens (tertiary/aromatic N) is 2. The highest BCUT2D eigenvalue weighted by Crippen LogP contribution is 2.14. The summed E-state index contributed by atoms with van der Waals surface area (Å²) in [5, 5.41) is 5.48. The Hall–Kier alpha value is -2.88. The minimum atomic E-state index is -0.134. The molecule has 0 bridgehead atoms. The van der Waals surface area contributed by atoms with E-state index in [4.69, 9.17) is 0 Å². The number of nitrogens with one attached hydrogen (secondary N) is 1. The van der Waals surface area contributed by atoms with Crippen molar-refractivity contribution in [3.05, 3.63) is 72.4 Å². The van der Waals surface area contributed by atoms with Gasteiger partial charge in [-0.15, -0.1) is 0 Å². The van der Waals surface area contributed by atoms with Crippen LogP contribution in [0.25, 0.3) is 10.9 Å². The summed E-state index contributed by atoms with van der Waals surface area (Å²) in [6, 6.07) is 19.9. The fourth-order valence-electron chi connectivity index (χ4n) is 2.73. The topological polar surface area (TPSA) is 46.4 Å². The summed E-state index contributed by atoms with van der Waals surface area (Å²) in [7, 11) is 0. The Kier molecular flexibility index (Phi) is 4.75. The number of rotatable bonds is 5.